The molecular formula is C17H18F3NO4. The van der Waals surface area contributed by atoms with Crippen molar-refractivity contribution in [1.82, 2.24) is 5.32 Å². The Labute approximate surface area is 142 Å². The summed E-state index contributed by atoms with van der Waals surface area (Å²) in [5.41, 5.74) is 0.236. The van der Waals surface area contributed by atoms with E-state index in [9.17, 15) is 22.8 Å². The van der Waals surface area contributed by atoms with Gasteiger partial charge in [-0.15, -0.1) is 13.2 Å². The SMILES string of the molecule is O=C(O)C1CC(NC(=O)C2(Cc3ccc(OC(F)(F)F)cc3)CC2)C1. The number of nitrogens with one attached hydrogen (secondary N) is 1. The average molecular weight is 357 g/mol. The summed E-state index contributed by atoms with van der Waals surface area (Å²) in [7, 11) is 0. The predicted octanol–water partition coefficient (Wildman–Crippen LogP) is 2.89. The molecule has 136 valence electrons. The topological polar surface area (TPSA) is 75.6 Å². The van der Waals surface area contributed by atoms with Crippen LogP contribution in [-0.2, 0) is 16.0 Å². The molecule has 0 unspecified atom stereocenters. The van der Waals surface area contributed by atoms with E-state index in [1.807, 2.05) is 0 Å². The standard InChI is InChI=1S/C17H18F3NO4/c18-17(19,20)25-13-3-1-10(2-4-13)9-16(5-6-16)15(24)21-12-7-11(8-12)14(22)23/h1-4,11-12H,5-9H2,(H,21,24)(H,22,23). The van der Waals surface area contributed by atoms with Crippen molar-refractivity contribution in [2.45, 2.75) is 44.5 Å². The van der Waals surface area contributed by atoms with Crippen LogP contribution in [0.2, 0.25) is 0 Å². The highest BCUT2D eigenvalue weighted by atomic mass is 19.4. The maximum absolute atomic E-state index is 12.4. The largest absolute Gasteiger partial charge is 0.573 e. The first kappa shape index (κ1) is 17.6. The van der Waals surface area contributed by atoms with E-state index in [1.54, 1.807) is 0 Å². The number of amides is 1. The first-order valence-corrected chi connectivity index (χ1v) is 8.05. The number of ether oxygens (including phenoxy) is 1. The van der Waals surface area contributed by atoms with Crippen molar-refractivity contribution in [2.75, 3.05) is 0 Å². The number of carboxylic acids is 1. The summed E-state index contributed by atoms with van der Waals surface area (Å²) in [5.74, 6) is -1.62. The highest BCUT2D eigenvalue weighted by Crippen LogP contribution is 2.49. The third kappa shape index (κ3) is 4.24. The molecular weight excluding hydrogens is 339 g/mol. The summed E-state index contributed by atoms with van der Waals surface area (Å²) in [6.45, 7) is 0. The number of carboxylic acid groups (broad SMARTS) is 1. The van der Waals surface area contributed by atoms with E-state index >= 15 is 0 Å². The lowest BCUT2D eigenvalue weighted by molar-refractivity contribution is -0.274. The number of hydrogen-bond acceptors (Lipinski definition) is 3. The fraction of sp³-hybridized carbons (Fsp3) is 0.529. The van der Waals surface area contributed by atoms with Gasteiger partial charge in [-0.05, 0) is 49.8 Å². The van der Waals surface area contributed by atoms with Crippen LogP contribution in [0.4, 0.5) is 13.2 Å². The van der Waals surface area contributed by atoms with Crippen LogP contribution in [0.5, 0.6) is 5.75 Å². The molecule has 1 amide bonds. The average Bonchev–Trinajstić information content (AvgIpc) is 3.23. The molecule has 2 aliphatic rings. The van der Waals surface area contributed by atoms with E-state index in [-0.39, 0.29) is 23.6 Å². The van der Waals surface area contributed by atoms with Crippen LogP contribution < -0.4 is 10.1 Å². The summed E-state index contributed by atoms with van der Waals surface area (Å²) >= 11 is 0. The van der Waals surface area contributed by atoms with Crippen molar-refractivity contribution in [1.29, 1.82) is 0 Å². The molecule has 2 saturated carbocycles. The Morgan fingerprint density at radius 1 is 1.20 bits per heavy atom. The molecule has 0 atom stereocenters. The summed E-state index contributed by atoms with van der Waals surface area (Å²) in [6, 6.07) is 5.42. The number of hydrogen-bond donors (Lipinski definition) is 2. The van der Waals surface area contributed by atoms with Crippen molar-refractivity contribution in [3.05, 3.63) is 29.8 Å². The number of aliphatic carboxylic acids is 1. The molecule has 25 heavy (non-hydrogen) atoms. The van der Waals surface area contributed by atoms with Gasteiger partial charge in [0.1, 0.15) is 5.75 Å². The van der Waals surface area contributed by atoms with E-state index in [0.717, 1.165) is 5.56 Å². The molecule has 3 rings (SSSR count). The number of carbonyl (C=O) groups excluding carboxylic acids is 1. The molecule has 0 aromatic heterocycles. The van der Waals surface area contributed by atoms with Gasteiger partial charge < -0.3 is 15.2 Å². The second-order valence-electron chi connectivity index (χ2n) is 6.83. The molecule has 5 nitrogen and oxygen atoms in total. The Balaban J connectivity index is 1.53. The fourth-order valence-corrected chi connectivity index (χ4v) is 3.11. The summed E-state index contributed by atoms with van der Waals surface area (Å²) < 4.78 is 40.3. The van der Waals surface area contributed by atoms with Crippen molar-refractivity contribution >= 4 is 11.9 Å². The quantitative estimate of drug-likeness (QED) is 0.821. The smallest absolute Gasteiger partial charge is 0.481 e. The van der Waals surface area contributed by atoms with E-state index in [0.29, 0.717) is 32.1 Å². The number of rotatable bonds is 6. The fourth-order valence-electron chi connectivity index (χ4n) is 3.11. The van der Waals surface area contributed by atoms with E-state index < -0.39 is 17.7 Å². The van der Waals surface area contributed by atoms with Gasteiger partial charge in [0.05, 0.1) is 11.3 Å². The van der Waals surface area contributed by atoms with Crippen molar-refractivity contribution in [3.8, 4) is 5.75 Å². The van der Waals surface area contributed by atoms with Crippen LogP contribution in [0.25, 0.3) is 0 Å². The van der Waals surface area contributed by atoms with Gasteiger partial charge in [-0.3, -0.25) is 9.59 Å². The first-order valence-electron chi connectivity index (χ1n) is 8.05. The molecule has 2 aliphatic carbocycles. The minimum absolute atomic E-state index is 0.100. The van der Waals surface area contributed by atoms with E-state index in [4.69, 9.17) is 5.11 Å². The van der Waals surface area contributed by atoms with Gasteiger partial charge in [-0.1, -0.05) is 12.1 Å². The Morgan fingerprint density at radius 2 is 1.80 bits per heavy atom. The zero-order chi connectivity index (χ0) is 18.2. The zero-order valence-corrected chi connectivity index (χ0v) is 13.3. The summed E-state index contributed by atoms with van der Waals surface area (Å²) in [4.78, 5) is 23.2. The summed E-state index contributed by atoms with van der Waals surface area (Å²) in [5, 5.41) is 11.7. The lowest BCUT2D eigenvalue weighted by atomic mass is 9.80. The summed E-state index contributed by atoms with van der Waals surface area (Å²) in [6.07, 6.45) is -1.96. The molecule has 0 radical (unpaired) electrons. The van der Waals surface area contributed by atoms with Gasteiger partial charge in [-0.2, -0.15) is 0 Å². The molecule has 0 saturated heterocycles. The van der Waals surface area contributed by atoms with E-state index in [1.165, 1.54) is 24.3 Å². The van der Waals surface area contributed by atoms with Gasteiger partial charge in [-0.25, -0.2) is 0 Å². The lowest BCUT2D eigenvalue weighted by Crippen LogP contribution is -2.49. The molecule has 0 aliphatic heterocycles. The second-order valence-corrected chi connectivity index (χ2v) is 6.83. The van der Waals surface area contributed by atoms with Crippen LogP contribution in [0.15, 0.2) is 24.3 Å². The van der Waals surface area contributed by atoms with Crippen molar-refractivity contribution < 1.29 is 32.6 Å². The maximum Gasteiger partial charge on any atom is 0.573 e. The molecule has 8 heteroatoms. The third-order valence-corrected chi connectivity index (χ3v) is 4.86. The first-order chi connectivity index (χ1) is 11.7. The number of carbonyl (C=O) groups is 2. The van der Waals surface area contributed by atoms with Crippen LogP contribution in [0.1, 0.15) is 31.2 Å². The molecule has 0 bridgehead atoms. The van der Waals surface area contributed by atoms with Gasteiger partial charge in [0.25, 0.3) is 0 Å². The third-order valence-electron chi connectivity index (χ3n) is 4.86. The molecule has 2 fully saturated rings. The van der Waals surface area contributed by atoms with Crippen molar-refractivity contribution in [3.63, 3.8) is 0 Å². The Hall–Kier alpha value is -2.25. The molecule has 0 spiro atoms. The number of benzene rings is 1. The Kier molecular flexibility index (Phi) is 4.38. The van der Waals surface area contributed by atoms with Gasteiger partial charge in [0.15, 0.2) is 0 Å². The van der Waals surface area contributed by atoms with Gasteiger partial charge in [0.2, 0.25) is 5.91 Å². The van der Waals surface area contributed by atoms with E-state index in [2.05, 4.69) is 10.1 Å². The van der Waals surface area contributed by atoms with Gasteiger partial charge in [0, 0.05) is 6.04 Å². The minimum atomic E-state index is -4.73. The van der Waals surface area contributed by atoms with Crippen LogP contribution in [0.3, 0.4) is 0 Å². The van der Waals surface area contributed by atoms with Crippen LogP contribution in [-0.4, -0.2) is 29.4 Å². The Bertz CT molecular complexity index is 661. The normalized spacial score (nSPS) is 24.1. The van der Waals surface area contributed by atoms with Crippen LogP contribution >= 0.6 is 0 Å². The van der Waals surface area contributed by atoms with Crippen LogP contribution in [0, 0.1) is 11.3 Å². The second kappa shape index (κ2) is 6.24. The maximum atomic E-state index is 12.4. The predicted molar refractivity (Wildman–Crippen MR) is 80.8 cm³/mol. The zero-order valence-electron chi connectivity index (χ0n) is 13.3. The van der Waals surface area contributed by atoms with Gasteiger partial charge >= 0.3 is 12.3 Å². The molecule has 1 aromatic rings. The minimum Gasteiger partial charge on any atom is -0.481 e. The highest BCUT2D eigenvalue weighted by molar-refractivity contribution is 5.86. The lowest BCUT2D eigenvalue weighted by Gasteiger charge is -2.34. The Morgan fingerprint density at radius 3 is 2.28 bits per heavy atom. The monoisotopic (exact) mass is 357 g/mol. The molecule has 2 N–H and O–H groups in total. The van der Waals surface area contributed by atoms with Crippen molar-refractivity contribution in [2.24, 2.45) is 11.3 Å². The molecule has 1 aromatic carbocycles. The number of alkyl halides is 3. The highest BCUT2D eigenvalue weighted by Gasteiger charge is 2.51. The molecule has 0 heterocycles. The number of halogens is 3.